The number of anilines is 1. The van der Waals surface area contributed by atoms with E-state index in [0.717, 1.165) is 16.4 Å². The van der Waals surface area contributed by atoms with Crippen molar-refractivity contribution in [3.05, 3.63) is 52.3 Å². The summed E-state index contributed by atoms with van der Waals surface area (Å²) >= 11 is 4.93. The minimum atomic E-state index is -0.332. The fourth-order valence-corrected chi connectivity index (χ4v) is 3.22. The van der Waals surface area contributed by atoms with Gasteiger partial charge < -0.3 is 14.5 Å². The Morgan fingerprint density at radius 2 is 1.84 bits per heavy atom. The first-order chi connectivity index (χ1) is 12.0. The second kappa shape index (κ2) is 9.03. The smallest absolute Gasteiger partial charge is 0.154 e. The standard InChI is InChI=1S/C16H11BrFNO2S.C2H7N/c1-22-19-14-7-15-11(6-13(14)17)12(8-20)16(21-15)9-2-4-10(18)5-3-9;1-3-2/h2-8,19H,1H3;3H,1-2H3. The van der Waals surface area contributed by atoms with Crippen molar-refractivity contribution in [2.45, 2.75) is 0 Å². The number of nitrogens with one attached hydrogen (secondary N) is 2. The molecular weight excluding hydrogens is 407 g/mol. The van der Waals surface area contributed by atoms with Crippen LogP contribution in [0.2, 0.25) is 0 Å². The molecule has 0 aliphatic heterocycles. The number of aldehydes is 1. The highest BCUT2D eigenvalue weighted by Gasteiger charge is 2.17. The molecule has 25 heavy (non-hydrogen) atoms. The molecule has 2 N–H and O–H groups in total. The van der Waals surface area contributed by atoms with Crippen LogP contribution in [0.25, 0.3) is 22.3 Å². The topological polar surface area (TPSA) is 54.3 Å². The van der Waals surface area contributed by atoms with Gasteiger partial charge in [-0.2, -0.15) is 0 Å². The van der Waals surface area contributed by atoms with Gasteiger partial charge in [-0.3, -0.25) is 4.79 Å². The monoisotopic (exact) mass is 424 g/mol. The maximum absolute atomic E-state index is 13.1. The van der Waals surface area contributed by atoms with Gasteiger partial charge in [0.1, 0.15) is 17.2 Å². The van der Waals surface area contributed by atoms with E-state index < -0.39 is 0 Å². The minimum Gasteiger partial charge on any atom is -0.455 e. The van der Waals surface area contributed by atoms with Gasteiger partial charge in [0.25, 0.3) is 0 Å². The Balaban J connectivity index is 0.000000701. The molecule has 0 bridgehead atoms. The van der Waals surface area contributed by atoms with Crippen molar-refractivity contribution >= 4 is 50.8 Å². The maximum Gasteiger partial charge on any atom is 0.154 e. The molecule has 7 heteroatoms. The predicted molar refractivity (Wildman–Crippen MR) is 107 cm³/mol. The molecule has 0 saturated carbocycles. The molecule has 1 heterocycles. The van der Waals surface area contributed by atoms with E-state index in [1.807, 2.05) is 32.5 Å². The Kier molecular flexibility index (Phi) is 7.04. The molecule has 0 unspecified atom stereocenters. The van der Waals surface area contributed by atoms with E-state index in [1.54, 1.807) is 12.1 Å². The summed E-state index contributed by atoms with van der Waals surface area (Å²) in [5, 5.41) is 3.47. The van der Waals surface area contributed by atoms with Crippen LogP contribution >= 0.6 is 27.9 Å². The van der Waals surface area contributed by atoms with Gasteiger partial charge in [0, 0.05) is 27.7 Å². The van der Waals surface area contributed by atoms with Crippen LogP contribution < -0.4 is 10.0 Å². The molecule has 0 fully saturated rings. The molecule has 3 aromatic rings. The number of benzene rings is 2. The Bertz CT molecular complexity index is 866. The van der Waals surface area contributed by atoms with E-state index >= 15 is 0 Å². The molecule has 3 rings (SSSR count). The van der Waals surface area contributed by atoms with Gasteiger partial charge in [0.05, 0.1) is 11.3 Å². The van der Waals surface area contributed by atoms with Crippen LogP contribution in [0.5, 0.6) is 0 Å². The summed E-state index contributed by atoms with van der Waals surface area (Å²) < 4.78 is 22.9. The Hall–Kier alpha value is -1.83. The maximum atomic E-state index is 13.1. The predicted octanol–water partition coefficient (Wildman–Crippen LogP) is 5.34. The number of hydrogen-bond donors (Lipinski definition) is 2. The lowest BCUT2D eigenvalue weighted by atomic mass is 10.1. The van der Waals surface area contributed by atoms with Gasteiger partial charge in [0.15, 0.2) is 6.29 Å². The molecule has 0 spiro atoms. The summed E-state index contributed by atoms with van der Waals surface area (Å²) in [4.78, 5) is 11.5. The number of fused-ring (bicyclic) bond motifs is 1. The lowest BCUT2D eigenvalue weighted by Crippen LogP contribution is -1.89. The van der Waals surface area contributed by atoms with Gasteiger partial charge >= 0.3 is 0 Å². The number of halogens is 2. The zero-order chi connectivity index (χ0) is 18.4. The second-order valence-electron chi connectivity index (χ2n) is 5.10. The number of rotatable bonds is 4. The molecule has 0 amide bonds. The van der Waals surface area contributed by atoms with Gasteiger partial charge in [-0.25, -0.2) is 4.39 Å². The molecule has 0 aliphatic carbocycles. The van der Waals surface area contributed by atoms with Crippen molar-refractivity contribution in [3.8, 4) is 11.3 Å². The first-order valence-corrected chi connectivity index (χ1v) is 9.42. The number of carbonyl (C=O) groups is 1. The van der Waals surface area contributed by atoms with Crippen molar-refractivity contribution in [3.63, 3.8) is 0 Å². The van der Waals surface area contributed by atoms with Crippen LogP contribution in [0.1, 0.15) is 10.4 Å². The van der Waals surface area contributed by atoms with Gasteiger partial charge in [-0.15, -0.1) is 0 Å². The summed E-state index contributed by atoms with van der Waals surface area (Å²) in [6, 6.07) is 9.54. The number of furan rings is 1. The molecule has 0 atom stereocenters. The molecule has 0 aliphatic rings. The van der Waals surface area contributed by atoms with Crippen molar-refractivity contribution in [1.82, 2.24) is 5.32 Å². The molecule has 0 saturated heterocycles. The third-order valence-corrected chi connectivity index (χ3v) is 4.33. The molecule has 4 nitrogen and oxygen atoms in total. The van der Waals surface area contributed by atoms with Crippen molar-refractivity contribution < 1.29 is 13.6 Å². The van der Waals surface area contributed by atoms with E-state index in [-0.39, 0.29) is 5.82 Å². The summed E-state index contributed by atoms with van der Waals surface area (Å²) in [5.41, 5.74) is 2.58. The fourth-order valence-electron chi connectivity index (χ4n) is 2.26. The van der Waals surface area contributed by atoms with E-state index in [4.69, 9.17) is 4.42 Å². The van der Waals surface area contributed by atoms with Crippen LogP contribution in [0, 0.1) is 5.82 Å². The van der Waals surface area contributed by atoms with E-state index in [0.29, 0.717) is 27.9 Å². The van der Waals surface area contributed by atoms with Crippen molar-refractivity contribution in [2.24, 2.45) is 0 Å². The SMILES string of the molecule is CNC.CSNc1cc2oc(-c3ccc(F)cc3)c(C=O)c2cc1Br. The normalized spacial score (nSPS) is 10.3. The lowest BCUT2D eigenvalue weighted by Gasteiger charge is -2.04. The first kappa shape index (κ1) is 19.5. The Labute approximate surface area is 158 Å². The highest BCUT2D eigenvalue weighted by atomic mass is 79.9. The van der Waals surface area contributed by atoms with E-state index in [2.05, 4.69) is 26.0 Å². The molecule has 132 valence electrons. The van der Waals surface area contributed by atoms with Gasteiger partial charge in [0.2, 0.25) is 0 Å². The average molecular weight is 425 g/mol. The Morgan fingerprint density at radius 3 is 2.40 bits per heavy atom. The van der Waals surface area contributed by atoms with Crippen LogP contribution in [0.4, 0.5) is 10.1 Å². The summed E-state index contributed by atoms with van der Waals surface area (Å²) in [7, 11) is 3.75. The molecule has 0 radical (unpaired) electrons. The van der Waals surface area contributed by atoms with Gasteiger partial charge in [-0.1, -0.05) is 11.9 Å². The van der Waals surface area contributed by atoms with E-state index in [1.165, 1.54) is 24.1 Å². The van der Waals surface area contributed by atoms with Crippen molar-refractivity contribution in [2.75, 3.05) is 25.1 Å². The average Bonchev–Trinajstić information content (AvgIpc) is 2.94. The summed E-state index contributed by atoms with van der Waals surface area (Å²) in [6.45, 7) is 0. The van der Waals surface area contributed by atoms with E-state index in [9.17, 15) is 9.18 Å². The number of hydrogen-bond acceptors (Lipinski definition) is 5. The first-order valence-electron chi connectivity index (χ1n) is 7.40. The number of carbonyl (C=O) groups excluding carboxylic acids is 1. The minimum absolute atomic E-state index is 0.332. The van der Waals surface area contributed by atoms with Crippen LogP contribution in [-0.4, -0.2) is 26.6 Å². The molecule has 2 aromatic carbocycles. The second-order valence-corrected chi connectivity index (χ2v) is 6.57. The highest BCUT2D eigenvalue weighted by molar-refractivity contribution is 9.10. The Morgan fingerprint density at radius 1 is 1.20 bits per heavy atom. The lowest BCUT2D eigenvalue weighted by molar-refractivity contribution is 0.112. The zero-order valence-electron chi connectivity index (χ0n) is 14.0. The van der Waals surface area contributed by atoms with Crippen LogP contribution in [0.3, 0.4) is 0 Å². The van der Waals surface area contributed by atoms with Crippen LogP contribution in [0.15, 0.2) is 45.3 Å². The quantitative estimate of drug-likeness (QED) is 0.437. The molecular formula is C18H18BrFN2O2S. The van der Waals surface area contributed by atoms with Crippen molar-refractivity contribution in [1.29, 1.82) is 0 Å². The van der Waals surface area contributed by atoms with Crippen LogP contribution in [-0.2, 0) is 0 Å². The third kappa shape index (κ3) is 4.42. The summed E-state index contributed by atoms with van der Waals surface area (Å²) in [6.07, 6.45) is 2.68. The zero-order valence-corrected chi connectivity index (χ0v) is 16.4. The largest absolute Gasteiger partial charge is 0.455 e. The highest BCUT2D eigenvalue weighted by Crippen LogP contribution is 2.37. The molecule has 1 aromatic heterocycles. The fraction of sp³-hybridized carbons (Fsp3) is 0.167. The summed E-state index contributed by atoms with van der Waals surface area (Å²) in [5.74, 6) is 0.111. The third-order valence-electron chi connectivity index (χ3n) is 3.25. The van der Waals surface area contributed by atoms with Gasteiger partial charge in [-0.05, 0) is 60.4 Å².